The molecule has 0 aliphatic carbocycles. The van der Waals surface area contributed by atoms with Crippen molar-refractivity contribution in [3.8, 4) is 5.75 Å². The molecule has 0 saturated carbocycles. The molecule has 1 heterocycles. The average molecular weight is 994 g/mol. The van der Waals surface area contributed by atoms with Gasteiger partial charge in [-0.05, 0) is 66.8 Å². The van der Waals surface area contributed by atoms with Gasteiger partial charge in [-0.15, -0.1) is 0 Å². The lowest BCUT2D eigenvalue weighted by Gasteiger charge is -2.29. The van der Waals surface area contributed by atoms with Crippen LogP contribution in [0.5, 0.6) is 5.75 Å². The van der Waals surface area contributed by atoms with Gasteiger partial charge in [-0.2, -0.15) is 0 Å². The van der Waals surface area contributed by atoms with Crippen LogP contribution in [0.15, 0.2) is 54.7 Å². The first kappa shape index (κ1) is 57.8. The first-order valence-corrected chi connectivity index (χ1v) is 23.1. The van der Waals surface area contributed by atoms with Crippen LogP contribution < -0.4 is 43.0 Å². The summed E-state index contributed by atoms with van der Waals surface area (Å²) in [5.41, 5.74) is 7.58. The number of fused-ring (bicyclic) bond motifs is 1. The number of H-pyrrole nitrogens is 1. The van der Waals surface area contributed by atoms with Gasteiger partial charge < -0.3 is 68.4 Å². The molecule has 2 aromatic carbocycles. The Morgan fingerprint density at radius 2 is 1.08 bits per heavy atom. The second kappa shape index (κ2) is 27.0. The number of para-hydroxylation sites is 1. The molecule has 8 atom stereocenters. The molecule has 1 aromatic heterocycles. The summed E-state index contributed by atoms with van der Waals surface area (Å²) in [6, 6.07) is 1.65. The fourth-order valence-corrected chi connectivity index (χ4v) is 7.37. The molecule has 14 N–H and O–H groups in total. The zero-order valence-electron chi connectivity index (χ0n) is 40.7. The number of hydrogen-bond donors (Lipinski definition) is 13. The topological polar surface area (TPSA) is 378 Å². The van der Waals surface area contributed by atoms with E-state index in [1.165, 1.54) is 31.2 Å². The van der Waals surface area contributed by atoms with Crippen molar-refractivity contribution in [1.82, 2.24) is 42.2 Å². The molecule has 388 valence electrons. The van der Waals surface area contributed by atoms with E-state index in [9.17, 15) is 63.3 Å². The van der Waals surface area contributed by atoms with Crippen LogP contribution in [-0.2, 0) is 60.8 Å². The third kappa shape index (κ3) is 18.4. The quantitative estimate of drug-likeness (QED) is 0.0462. The SMILES string of the molecule is CC(C)C[C@H](NC(=O)[C@H](Cc1ccc(O)cc1)NC(=O)[C@@H](NC(=O)[C@@H](N)CC(=O)O)C(C)C)C(=O)N[C@@H](CCC(=O)O)C(=O)N[C@@H](C)C(=O)N[C@H](C(=O)N[C@@H](Cc1c[nH]c2ccccc12)C(=O)O)C(C)C. The summed E-state index contributed by atoms with van der Waals surface area (Å²) in [6.45, 7) is 11.1. The normalized spacial score (nSPS) is 14.7. The molecular formula is C48H67N9O14. The lowest BCUT2D eigenvalue weighted by molar-refractivity contribution is -0.142. The standard InChI is InChI=1S/C48H67N9O14/c1-23(2)18-34(53-45(67)35(19-27-12-14-29(58)15-13-27)54-46(68)40(25(5)6)57-42(64)31(49)21-38(61)62)44(66)52-33(16-17-37(59)60)43(65)51-26(7)41(63)56-39(24(3)4)47(69)55-36(48(70)71)20-28-22-50-32-11-9-8-10-30(28)32/h8-15,22-26,31,33-36,39-40,50,58H,16-21,49H2,1-7H3,(H,51,65)(H,52,66)(H,53,67)(H,54,68)(H,55,69)(H,56,63)(H,57,64)(H,59,60)(H,61,62)(H,70,71)/t26-,31-,33-,34-,35-,36-,39-,40-/m0/s1. The zero-order valence-corrected chi connectivity index (χ0v) is 40.7. The van der Waals surface area contributed by atoms with Crippen molar-refractivity contribution in [3.05, 3.63) is 65.9 Å². The van der Waals surface area contributed by atoms with Crippen LogP contribution in [-0.4, -0.2) is 133 Å². The van der Waals surface area contributed by atoms with Crippen molar-refractivity contribution in [2.75, 3.05) is 0 Å². The highest BCUT2D eigenvalue weighted by atomic mass is 16.4. The van der Waals surface area contributed by atoms with Crippen LogP contribution in [0.4, 0.5) is 0 Å². The lowest BCUT2D eigenvalue weighted by Crippen LogP contribution is -2.61. The Kier molecular flexibility index (Phi) is 22.0. The van der Waals surface area contributed by atoms with E-state index in [-0.39, 0.29) is 30.9 Å². The van der Waals surface area contributed by atoms with Crippen LogP contribution in [0.1, 0.15) is 85.3 Å². The van der Waals surface area contributed by atoms with Crippen molar-refractivity contribution in [1.29, 1.82) is 0 Å². The molecule has 23 heteroatoms. The maximum Gasteiger partial charge on any atom is 0.326 e. The fourth-order valence-electron chi connectivity index (χ4n) is 7.37. The third-order valence-corrected chi connectivity index (χ3v) is 11.3. The summed E-state index contributed by atoms with van der Waals surface area (Å²) in [5.74, 6) is -11.8. The lowest BCUT2D eigenvalue weighted by atomic mass is 9.99. The minimum Gasteiger partial charge on any atom is -0.508 e. The van der Waals surface area contributed by atoms with Gasteiger partial charge in [-0.1, -0.05) is 71.9 Å². The number of amides is 7. The molecule has 3 aromatic rings. The Morgan fingerprint density at radius 1 is 0.563 bits per heavy atom. The van der Waals surface area contributed by atoms with Crippen molar-refractivity contribution in [2.45, 2.75) is 135 Å². The van der Waals surface area contributed by atoms with Crippen molar-refractivity contribution in [2.24, 2.45) is 23.5 Å². The molecule has 3 rings (SSSR count). The Hall–Kier alpha value is -7.56. The fraction of sp³-hybridized carbons (Fsp3) is 0.500. The zero-order chi connectivity index (χ0) is 53.3. The van der Waals surface area contributed by atoms with E-state index in [0.717, 1.165) is 10.9 Å². The average Bonchev–Trinajstić information content (AvgIpc) is 3.69. The van der Waals surface area contributed by atoms with Gasteiger partial charge >= 0.3 is 17.9 Å². The Balaban J connectivity index is 1.80. The number of carboxylic acids is 3. The van der Waals surface area contributed by atoms with E-state index in [4.69, 9.17) is 10.8 Å². The molecule has 7 amide bonds. The minimum absolute atomic E-state index is 0.0289. The molecule has 0 saturated heterocycles. The van der Waals surface area contributed by atoms with E-state index >= 15 is 0 Å². The van der Waals surface area contributed by atoms with Gasteiger partial charge in [0.2, 0.25) is 41.4 Å². The first-order chi connectivity index (χ1) is 33.3. The van der Waals surface area contributed by atoms with E-state index in [0.29, 0.717) is 11.1 Å². The second-order valence-electron chi connectivity index (χ2n) is 18.5. The number of aromatic amines is 1. The summed E-state index contributed by atoms with van der Waals surface area (Å²) < 4.78 is 0. The summed E-state index contributed by atoms with van der Waals surface area (Å²) in [4.78, 5) is 134. The minimum atomic E-state index is -1.58. The molecular weight excluding hydrogens is 927 g/mol. The first-order valence-electron chi connectivity index (χ1n) is 23.1. The number of carbonyl (C=O) groups is 10. The predicted octanol–water partition coefficient (Wildman–Crippen LogP) is 0.182. The molecule has 23 nitrogen and oxygen atoms in total. The van der Waals surface area contributed by atoms with E-state index in [1.54, 1.807) is 59.9 Å². The van der Waals surface area contributed by atoms with Crippen LogP contribution in [0.3, 0.4) is 0 Å². The number of hydrogen-bond acceptors (Lipinski definition) is 12. The molecule has 0 aliphatic heterocycles. The molecule has 0 fully saturated rings. The van der Waals surface area contributed by atoms with Crippen LogP contribution >= 0.6 is 0 Å². The predicted molar refractivity (Wildman–Crippen MR) is 257 cm³/mol. The highest BCUT2D eigenvalue weighted by Gasteiger charge is 2.35. The van der Waals surface area contributed by atoms with Gasteiger partial charge in [0.1, 0.15) is 48.0 Å². The van der Waals surface area contributed by atoms with Crippen molar-refractivity contribution < 1.29 is 68.4 Å². The van der Waals surface area contributed by atoms with Gasteiger partial charge in [-0.25, -0.2) is 4.79 Å². The largest absolute Gasteiger partial charge is 0.508 e. The number of phenolic OH excluding ortho intramolecular Hbond substituents is 1. The monoisotopic (exact) mass is 993 g/mol. The number of nitrogens with one attached hydrogen (secondary N) is 8. The molecule has 0 radical (unpaired) electrons. The number of carbonyl (C=O) groups excluding carboxylic acids is 7. The third-order valence-electron chi connectivity index (χ3n) is 11.3. The number of rotatable bonds is 28. The van der Waals surface area contributed by atoms with Crippen LogP contribution in [0, 0.1) is 17.8 Å². The van der Waals surface area contributed by atoms with Gasteiger partial charge in [0.05, 0.1) is 12.5 Å². The molecule has 0 spiro atoms. The number of benzene rings is 2. The number of carboxylic acid groups (broad SMARTS) is 3. The Morgan fingerprint density at radius 3 is 1.63 bits per heavy atom. The number of aromatic nitrogens is 1. The van der Waals surface area contributed by atoms with Gasteiger partial charge in [0.25, 0.3) is 0 Å². The number of nitrogens with two attached hydrogens (primary N) is 1. The van der Waals surface area contributed by atoms with E-state index in [2.05, 4.69) is 42.2 Å². The van der Waals surface area contributed by atoms with Crippen LogP contribution in [0.2, 0.25) is 0 Å². The molecule has 0 aliphatic rings. The summed E-state index contributed by atoms with van der Waals surface area (Å²) in [6.07, 6.45) is -0.459. The smallest absolute Gasteiger partial charge is 0.326 e. The summed E-state index contributed by atoms with van der Waals surface area (Å²) in [7, 11) is 0. The van der Waals surface area contributed by atoms with E-state index in [1.807, 2.05) is 12.1 Å². The number of phenols is 1. The van der Waals surface area contributed by atoms with Crippen molar-refractivity contribution >= 4 is 70.2 Å². The Labute approximate surface area is 410 Å². The summed E-state index contributed by atoms with van der Waals surface area (Å²) in [5, 5.41) is 56.8. The van der Waals surface area contributed by atoms with E-state index < -0.39 is 139 Å². The highest BCUT2D eigenvalue weighted by molar-refractivity contribution is 5.98. The van der Waals surface area contributed by atoms with Gasteiger partial charge in [0.15, 0.2) is 0 Å². The van der Waals surface area contributed by atoms with Crippen LogP contribution in [0.25, 0.3) is 10.9 Å². The Bertz CT molecular complexity index is 2390. The number of aliphatic carboxylic acids is 3. The maximum absolute atomic E-state index is 14.2. The highest BCUT2D eigenvalue weighted by Crippen LogP contribution is 2.20. The molecule has 71 heavy (non-hydrogen) atoms. The molecule has 0 bridgehead atoms. The number of aromatic hydroxyl groups is 1. The summed E-state index contributed by atoms with van der Waals surface area (Å²) >= 11 is 0. The maximum atomic E-state index is 14.2. The second-order valence-corrected chi connectivity index (χ2v) is 18.5. The van der Waals surface area contributed by atoms with Gasteiger partial charge in [-0.3, -0.25) is 43.2 Å². The molecule has 0 unspecified atom stereocenters. The van der Waals surface area contributed by atoms with Crippen molar-refractivity contribution in [3.63, 3.8) is 0 Å². The van der Waals surface area contributed by atoms with Gasteiger partial charge in [0, 0.05) is 36.4 Å².